The summed E-state index contributed by atoms with van der Waals surface area (Å²) in [6, 6.07) is 0. The quantitative estimate of drug-likeness (QED) is 0.528. The van der Waals surface area contributed by atoms with E-state index < -0.39 is 17.5 Å². The van der Waals surface area contributed by atoms with Crippen molar-refractivity contribution < 1.29 is 19.1 Å². The summed E-state index contributed by atoms with van der Waals surface area (Å²) in [5, 5.41) is 0. The summed E-state index contributed by atoms with van der Waals surface area (Å²) in [5.74, 6) is -1.19. The molecule has 1 aliphatic carbocycles. The summed E-state index contributed by atoms with van der Waals surface area (Å²) in [7, 11) is 1.56. The lowest BCUT2D eigenvalue weighted by Gasteiger charge is -2.28. The zero-order chi connectivity index (χ0) is 12.9. The predicted octanol–water partition coefficient (Wildman–Crippen LogP) is 2.10. The molecule has 0 spiro atoms. The number of ketones is 1. The Hall–Kier alpha value is -0.900. The molecule has 4 heteroatoms. The summed E-state index contributed by atoms with van der Waals surface area (Å²) in [4.78, 5) is 24.2. The van der Waals surface area contributed by atoms with Crippen molar-refractivity contribution in [3.63, 3.8) is 0 Å². The number of rotatable bonds is 6. The number of carbonyl (C=O) groups excluding carboxylic acids is 2. The maximum absolute atomic E-state index is 12.4. The second kappa shape index (κ2) is 6.15. The first-order chi connectivity index (χ1) is 8.11. The van der Waals surface area contributed by atoms with Gasteiger partial charge in [0.25, 0.3) is 0 Å². The number of hydrogen-bond acceptors (Lipinski definition) is 4. The molecule has 1 fully saturated rings. The van der Waals surface area contributed by atoms with E-state index in [2.05, 4.69) is 0 Å². The van der Waals surface area contributed by atoms with Crippen molar-refractivity contribution in [1.29, 1.82) is 0 Å². The van der Waals surface area contributed by atoms with E-state index in [1.807, 2.05) is 6.92 Å². The van der Waals surface area contributed by atoms with Crippen molar-refractivity contribution in [3.05, 3.63) is 0 Å². The predicted molar refractivity (Wildman–Crippen MR) is 63.6 cm³/mol. The molecule has 1 atom stereocenters. The number of hydrogen-bond donors (Lipinski definition) is 0. The highest BCUT2D eigenvalue weighted by atomic mass is 16.5. The molecule has 17 heavy (non-hydrogen) atoms. The minimum Gasteiger partial charge on any atom is -0.465 e. The molecular formula is C13H22O4. The number of Topliss-reactive ketones (excluding diaryl/α,β-unsaturated/α-hetero) is 1. The Bertz CT molecular complexity index is 279. The third kappa shape index (κ3) is 2.86. The van der Waals surface area contributed by atoms with Gasteiger partial charge in [-0.25, -0.2) is 0 Å². The molecule has 1 aliphatic rings. The average Bonchev–Trinajstić information content (AvgIpc) is 2.80. The van der Waals surface area contributed by atoms with E-state index in [-0.39, 0.29) is 5.78 Å². The molecule has 0 aromatic carbocycles. The van der Waals surface area contributed by atoms with E-state index in [1.54, 1.807) is 14.0 Å². The largest absolute Gasteiger partial charge is 0.465 e. The molecule has 0 bridgehead atoms. The van der Waals surface area contributed by atoms with Crippen LogP contribution in [0.4, 0.5) is 0 Å². The monoisotopic (exact) mass is 242 g/mol. The van der Waals surface area contributed by atoms with E-state index in [1.165, 1.54) is 0 Å². The summed E-state index contributed by atoms with van der Waals surface area (Å²) < 4.78 is 10.4. The zero-order valence-corrected chi connectivity index (χ0v) is 11.0. The van der Waals surface area contributed by atoms with Crippen LogP contribution in [0.5, 0.6) is 0 Å². The van der Waals surface area contributed by atoms with Crippen molar-refractivity contribution in [3.8, 4) is 0 Å². The van der Waals surface area contributed by atoms with Crippen LogP contribution in [0.2, 0.25) is 0 Å². The third-order valence-corrected chi connectivity index (χ3v) is 3.55. The molecule has 1 rings (SSSR count). The lowest BCUT2D eigenvalue weighted by molar-refractivity contribution is -0.159. The second-order valence-corrected chi connectivity index (χ2v) is 4.48. The normalized spacial score (nSPS) is 19.9. The SMILES string of the molecule is CCOC(=O)C(CC)C(=O)C1(OC)CCCC1. The summed E-state index contributed by atoms with van der Waals surface area (Å²) in [5.41, 5.74) is -0.743. The van der Waals surface area contributed by atoms with Crippen molar-refractivity contribution in [2.24, 2.45) is 5.92 Å². The number of esters is 1. The van der Waals surface area contributed by atoms with Crippen molar-refractivity contribution in [1.82, 2.24) is 0 Å². The Labute approximate surface area is 103 Å². The van der Waals surface area contributed by atoms with Crippen LogP contribution >= 0.6 is 0 Å². The van der Waals surface area contributed by atoms with Gasteiger partial charge in [0.1, 0.15) is 11.5 Å². The van der Waals surface area contributed by atoms with Crippen LogP contribution in [-0.4, -0.2) is 31.1 Å². The highest BCUT2D eigenvalue weighted by molar-refractivity contribution is 6.03. The zero-order valence-electron chi connectivity index (χ0n) is 11.0. The van der Waals surface area contributed by atoms with Gasteiger partial charge in [0, 0.05) is 7.11 Å². The fourth-order valence-electron chi connectivity index (χ4n) is 2.52. The maximum atomic E-state index is 12.4. The number of carbonyl (C=O) groups is 2. The lowest BCUT2D eigenvalue weighted by Crippen LogP contribution is -2.44. The molecule has 0 heterocycles. The maximum Gasteiger partial charge on any atom is 0.316 e. The molecular weight excluding hydrogens is 220 g/mol. The lowest BCUT2D eigenvalue weighted by atomic mass is 9.85. The van der Waals surface area contributed by atoms with Crippen LogP contribution in [0.3, 0.4) is 0 Å². The first-order valence-electron chi connectivity index (χ1n) is 6.37. The molecule has 0 N–H and O–H groups in total. The van der Waals surface area contributed by atoms with E-state index in [0.717, 1.165) is 25.7 Å². The Morgan fingerprint density at radius 1 is 1.24 bits per heavy atom. The van der Waals surface area contributed by atoms with Crippen LogP contribution < -0.4 is 0 Å². The molecule has 1 unspecified atom stereocenters. The van der Waals surface area contributed by atoms with Crippen molar-refractivity contribution in [2.45, 2.75) is 51.6 Å². The molecule has 0 aromatic heterocycles. The minimum atomic E-state index is -0.743. The van der Waals surface area contributed by atoms with Gasteiger partial charge >= 0.3 is 5.97 Å². The van der Waals surface area contributed by atoms with Crippen LogP contribution in [-0.2, 0) is 19.1 Å². The van der Waals surface area contributed by atoms with Gasteiger partial charge in [0.2, 0.25) is 0 Å². The smallest absolute Gasteiger partial charge is 0.316 e. The highest BCUT2D eigenvalue weighted by Gasteiger charge is 2.46. The third-order valence-electron chi connectivity index (χ3n) is 3.55. The van der Waals surface area contributed by atoms with E-state index in [4.69, 9.17) is 9.47 Å². The number of methoxy groups -OCH3 is 1. The Balaban J connectivity index is 2.80. The van der Waals surface area contributed by atoms with E-state index >= 15 is 0 Å². The van der Waals surface area contributed by atoms with Gasteiger partial charge in [-0.15, -0.1) is 0 Å². The number of ether oxygens (including phenoxy) is 2. The Morgan fingerprint density at radius 3 is 2.24 bits per heavy atom. The molecule has 4 nitrogen and oxygen atoms in total. The van der Waals surface area contributed by atoms with Gasteiger partial charge in [-0.05, 0) is 39.0 Å². The fraction of sp³-hybridized carbons (Fsp3) is 0.846. The molecule has 0 amide bonds. The molecule has 0 aromatic rings. The molecule has 0 radical (unpaired) electrons. The van der Waals surface area contributed by atoms with Crippen molar-refractivity contribution in [2.75, 3.05) is 13.7 Å². The Morgan fingerprint density at radius 2 is 1.82 bits per heavy atom. The van der Waals surface area contributed by atoms with Crippen LogP contribution in [0.15, 0.2) is 0 Å². The summed E-state index contributed by atoms with van der Waals surface area (Å²) in [6.45, 7) is 3.89. The van der Waals surface area contributed by atoms with Crippen LogP contribution in [0.1, 0.15) is 46.0 Å². The first-order valence-corrected chi connectivity index (χ1v) is 6.37. The topological polar surface area (TPSA) is 52.6 Å². The van der Waals surface area contributed by atoms with Gasteiger partial charge in [-0.2, -0.15) is 0 Å². The molecule has 0 saturated heterocycles. The van der Waals surface area contributed by atoms with E-state index in [0.29, 0.717) is 13.0 Å². The van der Waals surface area contributed by atoms with Gasteiger partial charge in [-0.3, -0.25) is 9.59 Å². The van der Waals surface area contributed by atoms with Gasteiger partial charge < -0.3 is 9.47 Å². The first kappa shape index (κ1) is 14.2. The Kier molecular flexibility index (Phi) is 5.12. The molecule has 1 saturated carbocycles. The van der Waals surface area contributed by atoms with Crippen LogP contribution in [0, 0.1) is 5.92 Å². The summed E-state index contributed by atoms with van der Waals surface area (Å²) >= 11 is 0. The summed E-state index contributed by atoms with van der Waals surface area (Å²) in [6.07, 6.45) is 3.89. The van der Waals surface area contributed by atoms with Crippen LogP contribution in [0.25, 0.3) is 0 Å². The molecule has 0 aliphatic heterocycles. The van der Waals surface area contributed by atoms with E-state index in [9.17, 15) is 9.59 Å². The van der Waals surface area contributed by atoms with Crippen molar-refractivity contribution >= 4 is 11.8 Å². The minimum absolute atomic E-state index is 0.0987. The average molecular weight is 242 g/mol. The highest BCUT2D eigenvalue weighted by Crippen LogP contribution is 2.36. The van der Waals surface area contributed by atoms with Gasteiger partial charge in [0.15, 0.2) is 5.78 Å². The molecule has 98 valence electrons. The van der Waals surface area contributed by atoms with Gasteiger partial charge in [0.05, 0.1) is 6.61 Å². The van der Waals surface area contributed by atoms with Gasteiger partial charge in [-0.1, -0.05) is 6.92 Å². The fourth-order valence-corrected chi connectivity index (χ4v) is 2.52. The second-order valence-electron chi connectivity index (χ2n) is 4.48. The standard InChI is InChI=1S/C13H22O4/c1-4-10(12(15)17-5-2)11(14)13(16-3)8-6-7-9-13/h10H,4-9H2,1-3H3.